The van der Waals surface area contributed by atoms with Gasteiger partial charge >= 0.3 is 0 Å². The second kappa shape index (κ2) is 6.33. The first-order chi connectivity index (χ1) is 11.0. The van der Waals surface area contributed by atoms with Gasteiger partial charge in [0, 0.05) is 35.5 Å². The van der Waals surface area contributed by atoms with Crippen molar-refractivity contribution in [2.45, 2.75) is 13.0 Å². The van der Waals surface area contributed by atoms with Crippen molar-refractivity contribution in [1.29, 1.82) is 0 Å². The Morgan fingerprint density at radius 3 is 3.00 bits per heavy atom. The van der Waals surface area contributed by atoms with Crippen molar-refractivity contribution in [3.05, 3.63) is 46.9 Å². The van der Waals surface area contributed by atoms with Crippen LogP contribution in [0.1, 0.15) is 6.42 Å². The minimum absolute atomic E-state index is 0.215. The summed E-state index contributed by atoms with van der Waals surface area (Å²) in [5.41, 5.74) is 6.41. The lowest BCUT2D eigenvalue weighted by Gasteiger charge is -2.06. The molecule has 0 aliphatic rings. The lowest BCUT2D eigenvalue weighted by molar-refractivity contribution is -0.118. The van der Waals surface area contributed by atoms with Crippen LogP contribution in [0.2, 0.25) is 0 Å². The fourth-order valence-electron chi connectivity index (χ4n) is 2.18. The zero-order valence-electron chi connectivity index (χ0n) is 12.0. The van der Waals surface area contributed by atoms with E-state index in [1.54, 1.807) is 18.3 Å². The highest BCUT2D eigenvalue weighted by atomic mass is 79.9. The molecule has 0 unspecified atom stereocenters. The van der Waals surface area contributed by atoms with Crippen LogP contribution < -0.4 is 11.1 Å². The molecule has 3 aromatic rings. The maximum atomic E-state index is 13.2. The largest absolute Gasteiger partial charge is 0.370 e. The number of nitrogens with one attached hydrogen (secondary N) is 1. The van der Waals surface area contributed by atoms with Crippen molar-refractivity contribution in [2.75, 3.05) is 5.32 Å². The molecule has 0 fully saturated rings. The van der Waals surface area contributed by atoms with Crippen LogP contribution in [0.3, 0.4) is 0 Å². The van der Waals surface area contributed by atoms with E-state index in [2.05, 4.69) is 31.2 Å². The van der Waals surface area contributed by atoms with Crippen LogP contribution in [-0.2, 0) is 11.3 Å². The van der Waals surface area contributed by atoms with Gasteiger partial charge in [-0.1, -0.05) is 6.07 Å². The number of halogens is 2. The Hall–Kier alpha value is -2.48. The number of hydrogen-bond acceptors (Lipinski definition) is 4. The number of amides is 1. The number of anilines is 2. The minimum atomic E-state index is -0.380. The number of carbonyl (C=O) groups excluding carboxylic acids is 1. The molecule has 0 bridgehead atoms. The smallest absolute Gasteiger partial charge is 0.229 e. The van der Waals surface area contributed by atoms with Crippen LogP contribution in [-0.4, -0.2) is 20.4 Å². The first kappa shape index (κ1) is 15.4. The first-order valence-corrected chi connectivity index (χ1v) is 7.64. The number of primary amides is 1. The molecule has 118 valence electrons. The molecule has 0 saturated carbocycles. The molecule has 0 aliphatic carbocycles. The average Bonchev–Trinajstić information content (AvgIpc) is 2.81. The Labute approximate surface area is 139 Å². The van der Waals surface area contributed by atoms with Gasteiger partial charge in [0.2, 0.25) is 11.9 Å². The summed E-state index contributed by atoms with van der Waals surface area (Å²) in [5.74, 6) is -0.382. The summed E-state index contributed by atoms with van der Waals surface area (Å²) in [5, 5.41) is 3.77. The van der Waals surface area contributed by atoms with Gasteiger partial charge in [0.25, 0.3) is 0 Å². The molecule has 0 saturated heterocycles. The summed E-state index contributed by atoms with van der Waals surface area (Å²) in [7, 11) is 0. The monoisotopic (exact) mass is 377 g/mol. The van der Waals surface area contributed by atoms with E-state index in [0.29, 0.717) is 23.8 Å². The lowest BCUT2D eigenvalue weighted by atomic mass is 10.3. The molecule has 3 rings (SSSR count). The topological polar surface area (TPSA) is 85.8 Å². The average molecular weight is 378 g/mol. The van der Waals surface area contributed by atoms with E-state index in [0.717, 1.165) is 9.86 Å². The van der Waals surface area contributed by atoms with Crippen LogP contribution in [0.15, 0.2) is 41.1 Å². The summed E-state index contributed by atoms with van der Waals surface area (Å²) in [6, 6.07) is 6.04. The van der Waals surface area contributed by atoms with E-state index >= 15 is 0 Å². The standard InChI is InChI=1S/C15H13BrFN5O/c16-12-8-22(5-4-13(18)23)14-11(12)7-19-15(21-14)20-10-3-1-2-9(17)6-10/h1-3,6-8H,4-5H2,(H2,18,23)(H,19,20,21). The number of carbonyl (C=O) groups is 1. The number of aromatic nitrogens is 3. The number of hydrogen-bond donors (Lipinski definition) is 2. The van der Waals surface area contributed by atoms with Crippen LogP contribution in [0.4, 0.5) is 16.0 Å². The van der Waals surface area contributed by atoms with Crippen LogP contribution in [0, 0.1) is 5.82 Å². The zero-order chi connectivity index (χ0) is 16.4. The van der Waals surface area contributed by atoms with E-state index in [1.807, 2.05) is 10.8 Å². The Morgan fingerprint density at radius 1 is 1.43 bits per heavy atom. The van der Waals surface area contributed by atoms with E-state index in [9.17, 15) is 9.18 Å². The van der Waals surface area contributed by atoms with Crippen molar-refractivity contribution < 1.29 is 9.18 Å². The molecular formula is C15H13BrFN5O. The van der Waals surface area contributed by atoms with E-state index < -0.39 is 0 Å². The maximum Gasteiger partial charge on any atom is 0.229 e. The Balaban J connectivity index is 1.93. The summed E-state index contributed by atoms with van der Waals surface area (Å²) in [6.07, 6.45) is 3.70. The van der Waals surface area contributed by atoms with E-state index in [4.69, 9.17) is 5.73 Å². The second-order valence-corrected chi connectivity index (χ2v) is 5.81. The van der Waals surface area contributed by atoms with Crippen LogP contribution >= 0.6 is 15.9 Å². The molecule has 8 heteroatoms. The van der Waals surface area contributed by atoms with Crippen molar-refractivity contribution in [3.8, 4) is 0 Å². The van der Waals surface area contributed by atoms with Gasteiger partial charge in [0.1, 0.15) is 11.5 Å². The molecular weight excluding hydrogens is 365 g/mol. The van der Waals surface area contributed by atoms with Crippen molar-refractivity contribution in [1.82, 2.24) is 14.5 Å². The van der Waals surface area contributed by atoms with E-state index in [1.165, 1.54) is 12.1 Å². The quantitative estimate of drug-likeness (QED) is 0.715. The molecule has 6 nitrogen and oxygen atoms in total. The number of aryl methyl sites for hydroxylation is 1. The third kappa shape index (κ3) is 3.48. The normalized spacial score (nSPS) is 10.9. The van der Waals surface area contributed by atoms with Gasteiger partial charge < -0.3 is 15.6 Å². The van der Waals surface area contributed by atoms with Gasteiger partial charge in [-0.05, 0) is 34.1 Å². The zero-order valence-corrected chi connectivity index (χ0v) is 13.5. The number of nitrogens with two attached hydrogens (primary N) is 1. The van der Waals surface area contributed by atoms with Gasteiger partial charge in [0.15, 0.2) is 0 Å². The highest BCUT2D eigenvalue weighted by Crippen LogP contribution is 2.26. The van der Waals surface area contributed by atoms with Crippen molar-refractivity contribution in [3.63, 3.8) is 0 Å². The number of rotatable bonds is 5. The number of benzene rings is 1. The van der Waals surface area contributed by atoms with Gasteiger partial charge in [-0.3, -0.25) is 4.79 Å². The van der Waals surface area contributed by atoms with Gasteiger partial charge in [-0.15, -0.1) is 0 Å². The van der Waals surface area contributed by atoms with Crippen molar-refractivity contribution in [2.24, 2.45) is 5.73 Å². The molecule has 2 heterocycles. The molecule has 3 N–H and O–H groups in total. The molecule has 0 spiro atoms. The second-order valence-electron chi connectivity index (χ2n) is 4.95. The SMILES string of the molecule is NC(=O)CCn1cc(Br)c2cnc(Nc3cccc(F)c3)nc21. The molecule has 0 radical (unpaired) electrons. The van der Waals surface area contributed by atoms with Gasteiger partial charge in [-0.2, -0.15) is 4.98 Å². The molecule has 1 amide bonds. The predicted molar refractivity (Wildman–Crippen MR) is 88.7 cm³/mol. The molecule has 2 aromatic heterocycles. The minimum Gasteiger partial charge on any atom is -0.370 e. The van der Waals surface area contributed by atoms with Gasteiger partial charge in [-0.25, -0.2) is 9.37 Å². The predicted octanol–water partition coefficient (Wildman–Crippen LogP) is 2.95. The maximum absolute atomic E-state index is 13.2. The Kier molecular flexibility index (Phi) is 4.24. The lowest BCUT2D eigenvalue weighted by Crippen LogP contribution is -2.13. The first-order valence-electron chi connectivity index (χ1n) is 6.85. The van der Waals surface area contributed by atoms with Crippen LogP contribution in [0.5, 0.6) is 0 Å². The highest BCUT2D eigenvalue weighted by Gasteiger charge is 2.11. The number of fused-ring (bicyclic) bond motifs is 1. The summed E-state index contributed by atoms with van der Waals surface area (Å²) in [4.78, 5) is 19.6. The molecule has 0 aliphatic heterocycles. The Morgan fingerprint density at radius 2 is 2.26 bits per heavy atom. The van der Waals surface area contributed by atoms with Crippen molar-refractivity contribution >= 4 is 44.5 Å². The summed E-state index contributed by atoms with van der Waals surface area (Å²) < 4.78 is 15.9. The highest BCUT2D eigenvalue weighted by molar-refractivity contribution is 9.10. The Bertz CT molecular complexity index is 879. The third-order valence-corrected chi connectivity index (χ3v) is 3.88. The summed E-state index contributed by atoms with van der Waals surface area (Å²) in [6.45, 7) is 0.424. The third-order valence-electron chi connectivity index (χ3n) is 3.25. The van der Waals surface area contributed by atoms with E-state index in [-0.39, 0.29) is 18.1 Å². The van der Waals surface area contributed by atoms with Gasteiger partial charge in [0.05, 0.1) is 5.39 Å². The summed E-state index contributed by atoms with van der Waals surface area (Å²) >= 11 is 3.44. The molecule has 23 heavy (non-hydrogen) atoms. The fourth-order valence-corrected chi connectivity index (χ4v) is 2.71. The molecule has 1 aromatic carbocycles. The number of nitrogens with zero attached hydrogens (tertiary/aromatic N) is 3. The fraction of sp³-hybridized carbons (Fsp3) is 0.133. The molecule has 0 atom stereocenters. The van der Waals surface area contributed by atoms with Crippen LogP contribution in [0.25, 0.3) is 11.0 Å².